The van der Waals surface area contributed by atoms with Crippen LogP contribution in [0.1, 0.15) is 26.3 Å². The van der Waals surface area contributed by atoms with Crippen molar-refractivity contribution in [2.45, 2.75) is 6.92 Å². The van der Waals surface area contributed by atoms with E-state index in [4.69, 9.17) is 22.4 Å². The molecule has 21 heavy (non-hydrogen) atoms. The van der Waals surface area contributed by atoms with Crippen LogP contribution in [0.4, 0.5) is 11.4 Å². The number of carbonyl (C=O) groups excluding carboxylic acids is 1. The number of nitrogens with one attached hydrogen (secondary N) is 1. The predicted molar refractivity (Wildman–Crippen MR) is 82.0 cm³/mol. The maximum Gasteiger partial charge on any atom is 0.337 e. The minimum atomic E-state index is -1.11. The molecule has 6 heteroatoms. The van der Waals surface area contributed by atoms with Crippen molar-refractivity contribution >= 4 is 34.9 Å². The highest BCUT2D eigenvalue weighted by atomic mass is 35.5. The predicted octanol–water partition coefficient (Wildman–Crippen LogP) is 3.18. The zero-order chi connectivity index (χ0) is 15.6. The third kappa shape index (κ3) is 3.52. The molecule has 2 aromatic carbocycles. The van der Waals surface area contributed by atoms with Gasteiger partial charge in [0.2, 0.25) is 0 Å². The van der Waals surface area contributed by atoms with Gasteiger partial charge in [-0.1, -0.05) is 23.2 Å². The first kappa shape index (κ1) is 14.9. The van der Waals surface area contributed by atoms with E-state index in [0.29, 0.717) is 10.7 Å². The van der Waals surface area contributed by atoms with E-state index in [2.05, 4.69) is 5.32 Å². The molecular formula is C15H13ClN2O3. The molecule has 1 amide bonds. The van der Waals surface area contributed by atoms with Crippen LogP contribution >= 0.6 is 11.6 Å². The third-order valence-electron chi connectivity index (χ3n) is 2.84. The lowest BCUT2D eigenvalue weighted by Gasteiger charge is -2.10. The van der Waals surface area contributed by atoms with Gasteiger partial charge in [0.05, 0.1) is 11.3 Å². The lowest BCUT2D eigenvalue weighted by molar-refractivity contribution is 0.0698. The fraction of sp³-hybridized carbons (Fsp3) is 0.0667. The van der Waals surface area contributed by atoms with Crippen molar-refractivity contribution < 1.29 is 14.7 Å². The minimum Gasteiger partial charge on any atom is -0.478 e. The molecular weight excluding hydrogens is 292 g/mol. The number of nitrogen functional groups attached to an aromatic ring is 1. The van der Waals surface area contributed by atoms with Crippen molar-refractivity contribution in [2.75, 3.05) is 11.1 Å². The van der Waals surface area contributed by atoms with Gasteiger partial charge < -0.3 is 16.2 Å². The van der Waals surface area contributed by atoms with Gasteiger partial charge in [-0.15, -0.1) is 0 Å². The van der Waals surface area contributed by atoms with E-state index in [1.54, 1.807) is 19.1 Å². The Hall–Kier alpha value is -2.53. The van der Waals surface area contributed by atoms with E-state index in [0.717, 1.165) is 5.56 Å². The fourth-order valence-corrected chi connectivity index (χ4v) is 2.13. The van der Waals surface area contributed by atoms with Crippen LogP contribution in [0.15, 0.2) is 36.4 Å². The highest BCUT2D eigenvalue weighted by Gasteiger charge is 2.14. The maximum atomic E-state index is 12.2. The molecule has 0 heterocycles. The molecule has 0 atom stereocenters. The SMILES string of the molecule is Cc1ccc(NC(=O)c2cc(N)cc(Cl)c2)c(C(=O)O)c1. The van der Waals surface area contributed by atoms with Crippen molar-refractivity contribution in [1.82, 2.24) is 0 Å². The molecule has 0 radical (unpaired) electrons. The molecule has 0 aliphatic rings. The van der Waals surface area contributed by atoms with Crippen molar-refractivity contribution in [3.63, 3.8) is 0 Å². The van der Waals surface area contributed by atoms with Crippen LogP contribution in [0.25, 0.3) is 0 Å². The third-order valence-corrected chi connectivity index (χ3v) is 3.05. The molecule has 0 saturated carbocycles. The number of carboxylic acid groups (broad SMARTS) is 1. The van der Waals surface area contributed by atoms with Crippen LogP contribution in [0.5, 0.6) is 0 Å². The number of carboxylic acids is 1. The highest BCUT2D eigenvalue weighted by molar-refractivity contribution is 6.31. The average Bonchev–Trinajstić information content (AvgIpc) is 2.39. The number of anilines is 2. The normalized spacial score (nSPS) is 10.2. The van der Waals surface area contributed by atoms with Crippen LogP contribution in [0, 0.1) is 6.92 Å². The zero-order valence-electron chi connectivity index (χ0n) is 11.2. The molecule has 108 valence electrons. The standard InChI is InChI=1S/C15H13ClN2O3/c1-8-2-3-13(12(4-8)15(20)21)18-14(19)9-5-10(16)7-11(17)6-9/h2-7H,17H2,1H3,(H,18,19)(H,20,21). The Balaban J connectivity index is 2.33. The molecule has 0 saturated heterocycles. The number of hydrogen-bond acceptors (Lipinski definition) is 3. The Morgan fingerprint density at radius 3 is 2.52 bits per heavy atom. The first-order valence-corrected chi connectivity index (χ1v) is 6.46. The zero-order valence-corrected chi connectivity index (χ0v) is 11.9. The van der Waals surface area contributed by atoms with Gasteiger partial charge in [-0.25, -0.2) is 4.79 Å². The molecule has 0 aromatic heterocycles. The fourth-order valence-electron chi connectivity index (χ4n) is 1.88. The van der Waals surface area contributed by atoms with Crippen molar-refractivity contribution in [3.05, 3.63) is 58.1 Å². The van der Waals surface area contributed by atoms with Gasteiger partial charge in [0.25, 0.3) is 5.91 Å². The van der Waals surface area contributed by atoms with Crippen molar-refractivity contribution in [3.8, 4) is 0 Å². The lowest BCUT2D eigenvalue weighted by atomic mass is 10.1. The number of amides is 1. The van der Waals surface area contributed by atoms with Crippen LogP contribution in [0.3, 0.4) is 0 Å². The number of rotatable bonds is 3. The molecule has 0 aliphatic carbocycles. The topological polar surface area (TPSA) is 92.4 Å². The van der Waals surface area contributed by atoms with Gasteiger partial charge in [-0.05, 0) is 37.3 Å². The largest absolute Gasteiger partial charge is 0.478 e. The van der Waals surface area contributed by atoms with E-state index < -0.39 is 11.9 Å². The van der Waals surface area contributed by atoms with Gasteiger partial charge in [0.15, 0.2) is 0 Å². The van der Waals surface area contributed by atoms with Crippen molar-refractivity contribution in [2.24, 2.45) is 0 Å². The van der Waals surface area contributed by atoms with E-state index in [1.165, 1.54) is 24.3 Å². The first-order valence-electron chi connectivity index (χ1n) is 6.08. The van der Waals surface area contributed by atoms with Gasteiger partial charge in [-0.2, -0.15) is 0 Å². The average molecular weight is 305 g/mol. The summed E-state index contributed by atoms with van der Waals surface area (Å²) < 4.78 is 0. The van der Waals surface area contributed by atoms with Gasteiger partial charge >= 0.3 is 5.97 Å². The Morgan fingerprint density at radius 2 is 1.90 bits per heavy atom. The molecule has 4 N–H and O–H groups in total. The van der Waals surface area contributed by atoms with E-state index in [1.807, 2.05) is 0 Å². The summed E-state index contributed by atoms with van der Waals surface area (Å²) in [6.45, 7) is 1.77. The maximum absolute atomic E-state index is 12.2. The smallest absolute Gasteiger partial charge is 0.337 e. The molecule has 2 aromatic rings. The van der Waals surface area contributed by atoms with Gasteiger partial charge in [0.1, 0.15) is 0 Å². The van der Waals surface area contributed by atoms with Gasteiger partial charge in [-0.3, -0.25) is 4.79 Å². The second kappa shape index (κ2) is 5.85. The molecule has 0 fully saturated rings. The molecule has 0 aliphatic heterocycles. The Morgan fingerprint density at radius 1 is 1.19 bits per heavy atom. The minimum absolute atomic E-state index is 0.0263. The monoisotopic (exact) mass is 304 g/mol. The molecule has 2 rings (SSSR count). The summed E-state index contributed by atoms with van der Waals surface area (Å²) in [5, 5.41) is 12.1. The van der Waals surface area contributed by atoms with Crippen LogP contribution in [-0.2, 0) is 0 Å². The van der Waals surface area contributed by atoms with E-state index in [-0.39, 0.29) is 16.8 Å². The van der Waals surface area contributed by atoms with E-state index >= 15 is 0 Å². The number of nitrogens with two attached hydrogens (primary N) is 1. The van der Waals surface area contributed by atoms with Gasteiger partial charge in [0, 0.05) is 16.3 Å². The summed E-state index contributed by atoms with van der Waals surface area (Å²) in [6.07, 6.45) is 0. The lowest BCUT2D eigenvalue weighted by Crippen LogP contribution is -2.15. The molecule has 0 spiro atoms. The summed E-state index contributed by atoms with van der Waals surface area (Å²) in [4.78, 5) is 23.4. The first-order chi connectivity index (χ1) is 9.86. The summed E-state index contributed by atoms with van der Waals surface area (Å²) >= 11 is 5.85. The molecule has 5 nitrogen and oxygen atoms in total. The number of carbonyl (C=O) groups is 2. The van der Waals surface area contributed by atoms with E-state index in [9.17, 15) is 9.59 Å². The van der Waals surface area contributed by atoms with Crippen LogP contribution in [0.2, 0.25) is 5.02 Å². The number of aromatic carboxylic acids is 1. The molecule has 0 bridgehead atoms. The van der Waals surface area contributed by atoms with Crippen LogP contribution < -0.4 is 11.1 Å². The number of aryl methyl sites for hydroxylation is 1. The molecule has 0 unspecified atom stereocenters. The number of benzene rings is 2. The Kier molecular flexibility index (Phi) is 4.14. The highest BCUT2D eigenvalue weighted by Crippen LogP contribution is 2.21. The Bertz CT molecular complexity index is 709. The summed E-state index contributed by atoms with van der Waals surface area (Å²) in [7, 11) is 0. The number of hydrogen-bond donors (Lipinski definition) is 3. The van der Waals surface area contributed by atoms with Crippen molar-refractivity contribution in [1.29, 1.82) is 0 Å². The quantitative estimate of drug-likeness (QED) is 0.759. The second-order valence-corrected chi connectivity index (χ2v) is 5.02. The summed E-state index contributed by atoms with van der Waals surface area (Å²) in [6, 6.07) is 9.20. The summed E-state index contributed by atoms with van der Waals surface area (Å²) in [5.74, 6) is -1.59. The number of halogens is 1. The summed E-state index contributed by atoms with van der Waals surface area (Å²) in [5.41, 5.74) is 7.28. The van der Waals surface area contributed by atoms with Crippen LogP contribution in [-0.4, -0.2) is 17.0 Å². The second-order valence-electron chi connectivity index (χ2n) is 4.58. The Labute approximate surface area is 126 Å².